The highest BCUT2D eigenvalue weighted by atomic mass is 16.3. The van der Waals surface area contributed by atoms with E-state index in [4.69, 9.17) is 13.3 Å². The van der Waals surface area contributed by atoms with Crippen LogP contribution in [-0.4, -0.2) is 15.8 Å². The van der Waals surface area contributed by atoms with Gasteiger partial charge in [-0.25, -0.2) is 0 Å². The Labute approximate surface area is 835 Å². The van der Waals surface area contributed by atoms with Crippen LogP contribution in [-0.2, 0) is 43.3 Å². The summed E-state index contributed by atoms with van der Waals surface area (Å²) in [6.45, 7) is 56.3. The predicted molar refractivity (Wildman–Crippen MR) is 608 cm³/mol. The molecule has 0 bridgehead atoms. The quantitative estimate of drug-likeness (QED) is 0.135. The van der Waals surface area contributed by atoms with Crippen molar-refractivity contribution in [3.05, 3.63) is 366 Å². The zero-order chi connectivity index (χ0) is 98.8. The summed E-state index contributed by atoms with van der Waals surface area (Å²) in [5.74, 6) is 0. The van der Waals surface area contributed by atoms with Gasteiger partial charge in [-0.2, -0.15) is 0 Å². The first kappa shape index (κ1) is 90.0. The van der Waals surface area contributed by atoms with E-state index in [-0.39, 0.29) is 37.9 Å². The summed E-state index contributed by atoms with van der Waals surface area (Å²) >= 11 is 0. The second-order valence-electron chi connectivity index (χ2n) is 49.0. The number of furan rings is 3. The van der Waals surface area contributed by atoms with Crippen LogP contribution in [0.3, 0.4) is 0 Å². The maximum absolute atomic E-state index is 7.51. The second-order valence-corrected chi connectivity index (χ2v) is 49.0. The first-order valence-electron chi connectivity index (χ1n) is 51.0. The zero-order valence-corrected chi connectivity index (χ0v) is 86.7. The molecule has 7 heterocycles. The van der Waals surface area contributed by atoms with Crippen LogP contribution in [0.15, 0.2) is 335 Å². The number of fused-ring (bicyclic) bond motifs is 19. The van der Waals surface area contributed by atoms with Gasteiger partial charge in [0.15, 0.2) is 0 Å². The lowest BCUT2D eigenvalue weighted by atomic mass is 9.33. The van der Waals surface area contributed by atoms with E-state index in [1.807, 2.05) is 0 Å². The van der Waals surface area contributed by atoms with Gasteiger partial charge in [0, 0.05) is 116 Å². The molecule has 702 valence electrons. The average molecular weight is 1850 g/mol. The van der Waals surface area contributed by atoms with Crippen LogP contribution in [0.2, 0.25) is 0 Å². The number of rotatable bonds is 9. The average Bonchev–Trinajstić information content (AvgIpc) is 0.807. The van der Waals surface area contributed by atoms with Crippen molar-refractivity contribution in [1.82, 2.24) is 9.13 Å². The maximum Gasteiger partial charge on any atom is 0.252 e. The van der Waals surface area contributed by atoms with Gasteiger partial charge in [-0.1, -0.05) is 348 Å². The fourth-order valence-corrected chi connectivity index (χ4v) is 23.1. The zero-order valence-electron chi connectivity index (χ0n) is 86.7. The Hall–Kier alpha value is -14.6. The van der Waals surface area contributed by atoms with E-state index in [0.717, 1.165) is 205 Å². The molecule has 0 fully saturated rings. The molecule has 0 spiro atoms. The Morgan fingerprint density at radius 3 is 0.937 bits per heavy atom. The third-order valence-electron chi connectivity index (χ3n) is 31.1. The molecule has 7 nitrogen and oxygen atoms in total. The van der Waals surface area contributed by atoms with Gasteiger partial charge in [-0.15, -0.1) is 0 Å². The molecular formula is C134H125BN4O3. The lowest BCUT2D eigenvalue weighted by molar-refractivity contribution is 0.569. The van der Waals surface area contributed by atoms with Crippen LogP contribution in [0, 0.1) is 0 Å². The van der Waals surface area contributed by atoms with Crippen molar-refractivity contribution in [2.24, 2.45) is 0 Å². The largest absolute Gasteiger partial charge is 0.456 e. The van der Waals surface area contributed by atoms with Crippen LogP contribution in [0.4, 0.5) is 34.1 Å². The minimum Gasteiger partial charge on any atom is -0.456 e. The highest BCUT2D eigenvalue weighted by Crippen LogP contribution is 2.59. The molecule has 0 N–H and O–H groups in total. The molecule has 5 aromatic heterocycles. The second kappa shape index (κ2) is 31.5. The van der Waals surface area contributed by atoms with Crippen molar-refractivity contribution >= 4 is 167 Å². The van der Waals surface area contributed by atoms with Crippen molar-refractivity contribution in [2.75, 3.05) is 9.80 Å². The van der Waals surface area contributed by atoms with Crippen LogP contribution >= 0.6 is 0 Å². The van der Waals surface area contributed by atoms with E-state index in [0.29, 0.717) is 0 Å². The fourth-order valence-electron chi connectivity index (χ4n) is 23.1. The van der Waals surface area contributed by atoms with Gasteiger partial charge in [0.2, 0.25) is 0 Å². The van der Waals surface area contributed by atoms with E-state index in [1.165, 1.54) is 66.1 Å². The molecule has 22 aromatic rings. The molecule has 0 saturated heterocycles. The molecule has 17 aromatic carbocycles. The van der Waals surface area contributed by atoms with Gasteiger partial charge in [-0.05, 0) is 272 Å². The smallest absolute Gasteiger partial charge is 0.252 e. The predicted octanol–water partition coefficient (Wildman–Crippen LogP) is 36.4. The van der Waals surface area contributed by atoms with Crippen LogP contribution < -0.4 is 26.2 Å². The number of benzene rings is 17. The van der Waals surface area contributed by atoms with Crippen molar-refractivity contribution < 1.29 is 13.3 Å². The highest BCUT2D eigenvalue weighted by Gasteiger charge is 2.48. The molecule has 0 aliphatic carbocycles. The normalized spacial score (nSPS) is 13.6. The van der Waals surface area contributed by atoms with Crippen molar-refractivity contribution in [3.63, 3.8) is 0 Å². The first-order chi connectivity index (χ1) is 67.5. The molecule has 2 aliphatic rings. The van der Waals surface area contributed by atoms with E-state index < -0.39 is 12.1 Å². The van der Waals surface area contributed by atoms with Crippen molar-refractivity contribution in [1.29, 1.82) is 0 Å². The van der Waals surface area contributed by atoms with Gasteiger partial charge in [0.25, 0.3) is 6.71 Å². The number of para-hydroxylation sites is 4. The highest BCUT2D eigenvalue weighted by molar-refractivity contribution is 7.00. The molecule has 0 atom stereocenters. The Kier molecular flexibility index (Phi) is 19.9. The molecular weight excluding hydrogens is 1720 g/mol. The van der Waals surface area contributed by atoms with Crippen LogP contribution in [0.1, 0.15) is 211 Å². The number of hydrogen-bond donors (Lipinski definition) is 0. The summed E-state index contributed by atoms with van der Waals surface area (Å²) < 4.78 is 27.1. The Morgan fingerprint density at radius 1 is 0.204 bits per heavy atom. The summed E-state index contributed by atoms with van der Waals surface area (Å²) in [5, 5.41) is 11.2. The first-order valence-corrected chi connectivity index (χ1v) is 51.0. The molecule has 2 aliphatic heterocycles. The summed E-state index contributed by atoms with van der Waals surface area (Å²) in [7, 11) is 0. The Morgan fingerprint density at radius 2 is 0.528 bits per heavy atom. The van der Waals surface area contributed by atoms with Gasteiger partial charge in [-0.3, -0.25) is 0 Å². The number of aromatic nitrogens is 2. The van der Waals surface area contributed by atoms with Gasteiger partial charge in [0.1, 0.15) is 33.5 Å². The van der Waals surface area contributed by atoms with Crippen LogP contribution in [0.5, 0.6) is 0 Å². The van der Waals surface area contributed by atoms with E-state index >= 15 is 0 Å². The standard InChI is InChI=1S/C134H125BN4O3/c1-127(2,3)81-51-59-108-99(68-81)100-69-82(128(4,5)6)52-60-109(100)136(108)89-55-57-106-112(76-89)138(124-98(78-37-26-25-27-38-78)72-87(133(19,20)21)75-105(124)95-45-34-44-94-91-39-28-31-46-116(91)142-126(94)95)114-65-80(79-63-85(131(13,14)15)67-86(64-79)132(16,17)18)66-115-123(114)135(106)107-58-56-90(137-110-61-53-83(129(7,8)9)70-101(110)102-71-84(130(10,11)12)54-62-111(102)137)77-113(107)139(115)125-103(92-42-35-49-119-121(92)96-40-29-32-47-117(96)140-119)73-88(134(22,23)24)74-104(125)93-43-36-50-120-122(93)97-41-30-33-48-118(97)141-120/h25-77H,1-24H3. The maximum atomic E-state index is 7.51. The summed E-state index contributed by atoms with van der Waals surface area (Å²) in [6, 6.07) is 125. The van der Waals surface area contributed by atoms with E-state index in [9.17, 15) is 0 Å². The lowest BCUT2D eigenvalue weighted by Gasteiger charge is -2.46. The topological polar surface area (TPSA) is 55.8 Å². The van der Waals surface area contributed by atoms with Gasteiger partial charge >= 0.3 is 0 Å². The fraction of sp³-hybridized carbons (Fsp3) is 0.239. The Balaban J connectivity index is 0.937. The monoisotopic (exact) mass is 1850 g/mol. The lowest BCUT2D eigenvalue weighted by Crippen LogP contribution is -2.61. The molecule has 0 unspecified atom stereocenters. The molecule has 142 heavy (non-hydrogen) atoms. The van der Waals surface area contributed by atoms with Crippen molar-refractivity contribution in [3.8, 4) is 67.0 Å². The van der Waals surface area contributed by atoms with Crippen molar-refractivity contribution in [2.45, 2.75) is 209 Å². The van der Waals surface area contributed by atoms with Gasteiger partial charge in [0.05, 0.1) is 33.4 Å². The van der Waals surface area contributed by atoms with E-state index in [2.05, 4.69) is 507 Å². The summed E-state index contributed by atoms with van der Waals surface area (Å²) in [5.41, 5.74) is 40.4. The SMILES string of the molecule is CC(C)(C)c1cc(-c2cc3c4c(c2)N(c2c(-c5cccc6oc7ccccc7c56)cc(C(C)(C)C)cc2-c2cccc5oc6ccccc6c25)c2cc(-n5c6ccc(C(C)(C)C)cc6c6cc(C(C)(C)C)ccc65)ccc2B4c2ccc(-n4c5ccc(C(C)(C)C)cc5c5cc(C(C)(C)C)ccc54)cc2N3c2c(-c3ccccc3)cc(C(C)(C)C)cc2-c2cccc3c2oc2ccccc23)cc(C(C)(C)C)c1. The molecule has 0 saturated carbocycles. The third kappa shape index (κ3) is 14.5. The molecule has 24 rings (SSSR count). The number of anilines is 6. The minimum atomic E-state index is -0.436. The summed E-state index contributed by atoms with van der Waals surface area (Å²) in [4.78, 5) is 5.57. The molecule has 8 heteroatoms. The minimum absolute atomic E-state index is 0.125. The number of nitrogens with zero attached hydrogens (tertiary/aromatic N) is 4. The Bertz CT molecular complexity index is 8760. The number of hydrogen-bond acceptors (Lipinski definition) is 5. The molecule has 0 radical (unpaired) electrons. The van der Waals surface area contributed by atoms with Gasteiger partial charge < -0.3 is 32.2 Å². The van der Waals surface area contributed by atoms with E-state index in [1.54, 1.807) is 0 Å². The molecule has 0 amide bonds. The third-order valence-corrected chi connectivity index (χ3v) is 31.1. The van der Waals surface area contributed by atoms with Crippen LogP contribution in [0.25, 0.3) is 176 Å². The summed E-state index contributed by atoms with van der Waals surface area (Å²) in [6.07, 6.45) is 0.